The number of nitrogens with zero attached hydrogens (tertiary/aromatic N) is 1. The van der Waals surface area contributed by atoms with Gasteiger partial charge in [0, 0.05) is 17.2 Å². The van der Waals surface area contributed by atoms with Crippen LogP contribution in [0.25, 0.3) is 17.0 Å². The lowest BCUT2D eigenvalue weighted by atomic mass is 10.1. The van der Waals surface area contributed by atoms with Gasteiger partial charge in [0.15, 0.2) is 0 Å². The summed E-state index contributed by atoms with van der Waals surface area (Å²) in [5.74, 6) is 0. The number of furan rings is 1. The van der Waals surface area contributed by atoms with Gasteiger partial charge in [-0.2, -0.15) is 13.2 Å². The maximum atomic E-state index is 12.5. The van der Waals surface area contributed by atoms with E-state index in [9.17, 15) is 13.2 Å². The van der Waals surface area contributed by atoms with E-state index in [0.717, 1.165) is 28.7 Å². The molecule has 0 aliphatic heterocycles. The minimum absolute atomic E-state index is 0.431. The van der Waals surface area contributed by atoms with Crippen LogP contribution in [-0.4, -0.2) is 12.8 Å². The van der Waals surface area contributed by atoms with Crippen LogP contribution in [0, 0.1) is 0 Å². The normalized spacial score (nSPS) is 12.6. The minimum atomic E-state index is -4.31. The lowest BCUT2D eigenvalue weighted by Crippen LogP contribution is -2.03. The molecule has 0 spiro atoms. The maximum Gasteiger partial charge on any atom is 0.416 e. The molecule has 3 rings (SSSR count). The zero-order valence-electron chi connectivity index (χ0n) is 12.6. The Morgan fingerprint density at radius 2 is 1.75 bits per heavy atom. The van der Waals surface area contributed by atoms with Gasteiger partial charge in [0.2, 0.25) is 0 Å². The molecule has 1 aromatic heterocycles. The van der Waals surface area contributed by atoms with Gasteiger partial charge in [0.25, 0.3) is 0 Å². The molecule has 0 unspecified atom stereocenters. The Balaban J connectivity index is 1.60. The number of aliphatic imine (C=N–C) groups is 1. The zero-order chi connectivity index (χ0) is 17.0. The Morgan fingerprint density at radius 3 is 2.50 bits per heavy atom. The summed E-state index contributed by atoms with van der Waals surface area (Å²) in [5, 5.41) is 0.993. The van der Waals surface area contributed by atoms with Gasteiger partial charge >= 0.3 is 6.18 Å². The number of rotatable bonds is 4. The van der Waals surface area contributed by atoms with Crippen molar-refractivity contribution in [2.75, 3.05) is 6.54 Å². The summed E-state index contributed by atoms with van der Waals surface area (Å²) in [7, 11) is 0. The molecule has 0 saturated heterocycles. The van der Waals surface area contributed by atoms with E-state index >= 15 is 0 Å². The van der Waals surface area contributed by atoms with Crippen molar-refractivity contribution in [1.82, 2.24) is 0 Å². The van der Waals surface area contributed by atoms with Crippen LogP contribution >= 0.6 is 0 Å². The molecular formula is C19H14F3NO. The lowest BCUT2D eigenvalue weighted by Gasteiger charge is -2.05. The van der Waals surface area contributed by atoms with E-state index in [1.165, 1.54) is 12.1 Å². The summed E-state index contributed by atoms with van der Waals surface area (Å²) < 4.78 is 42.8. The van der Waals surface area contributed by atoms with Crippen molar-refractivity contribution in [3.63, 3.8) is 0 Å². The van der Waals surface area contributed by atoms with Gasteiger partial charge in [-0.25, -0.2) is 0 Å². The third kappa shape index (κ3) is 3.74. The molecule has 24 heavy (non-hydrogen) atoms. The number of para-hydroxylation sites is 1. The van der Waals surface area contributed by atoms with Gasteiger partial charge in [0.05, 0.1) is 12.1 Å². The lowest BCUT2D eigenvalue weighted by molar-refractivity contribution is -0.137. The van der Waals surface area contributed by atoms with Crippen molar-refractivity contribution in [1.29, 1.82) is 0 Å². The average Bonchev–Trinajstić information content (AvgIpc) is 2.97. The van der Waals surface area contributed by atoms with Gasteiger partial charge in [-0.05, 0) is 23.8 Å². The summed E-state index contributed by atoms with van der Waals surface area (Å²) in [6.45, 7) is 0.431. The van der Waals surface area contributed by atoms with Crippen molar-refractivity contribution in [3.8, 4) is 0 Å². The summed E-state index contributed by atoms with van der Waals surface area (Å²) in [6, 6.07) is 12.7. The topological polar surface area (TPSA) is 25.5 Å². The fourth-order valence-electron chi connectivity index (χ4n) is 2.28. The quantitative estimate of drug-likeness (QED) is 0.573. The second-order valence-corrected chi connectivity index (χ2v) is 5.20. The number of alkyl halides is 3. The maximum absolute atomic E-state index is 12.5. The van der Waals surface area contributed by atoms with Crippen molar-refractivity contribution < 1.29 is 17.6 Å². The molecule has 2 aromatic carbocycles. The van der Waals surface area contributed by atoms with Crippen LogP contribution in [0.15, 0.2) is 70.3 Å². The Hall–Kier alpha value is -2.82. The molecule has 5 heteroatoms. The molecule has 0 N–H and O–H groups in total. The summed E-state index contributed by atoms with van der Waals surface area (Å²) in [6.07, 6.45) is 2.60. The van der Waals surface area contributed by atoms with Gasteiger partial charge < -0.3 is 4.42 Å². The van der Waals surface area contributed by atoms with E-state index in [0.29, 0.717) is 12.1 Å². The van der Waals surface area contributed by atoms with Crippen LogP contribution in [0.2, 0.25) is 0 Å². The predicted molar refractivity (Wildman–Crippen MR) is 89.2 cm³/mol. The first-order valence-electron chi connectivity index (χ1n) is 7.34. The first-order chi connectivity index (χ1) is 11.5. The molecule has 1 heterocycles. The third-order valence-corrected chi connectivity index (χ3v) is 3.50. The second-order valence-electron chi connectivity index (χ2n) is 5.20. The van der Waals surface area contributed by atoms with E-state index in [2.05, 4.69) is 4.99 Å². The highest BCUT2D eigenvalue weighted by atomic mass is 19.4. The first kappa shape index (κ1) is 16.1. The van der Waals surface area contributed by atoms with Crippen LogP contribution in [0.3, 0.4) is 0 Å². The van der Waals surface area contributed by atoms with E-state index in [1.54, 1.807) is 24.6 Å². The van der Waals surface area contributed by atoms with Crippen LogP contribution < -0.4 is 0 Å². The van der Waals surface area contributed by atoms with Gasteiger partial charge in [-0.15, -0.1) is 0 Å². The van der Waals surface area contributed by atoms with Crippen molar-refractivity contribution in [2.24, 2.45) is 4.99 Å². The average molecular weight is 329 g/mol. The van der Waals surface area contributed by atoms with Crippen LogP contribution in [-0.2, 0) is 6.18 Å². The molecule has 0 saturated carbocycles. The smallest absolute Gasteiger partial charge is 0.416 e. The largest absolute Gasteiger partial charge is 0.464 e. The van der Waals surface area contributed by atoms with Crippen molar-refractivity contribution >= 4 is 23.3 Å². The van der Waals surface area contributed by atoms with Gasteiger partial charge in [0.1, 0.15) is 11.8 Å². The SMILES string of the molecule is FC(F)(F)c1ccc(/C=C/C/N=C/c2coc3ccccc23)cc1. The monoisotopic (exact) mass is 329 g/mol. The first-order valence-corrected chi connectivity index (χ1v) is 7.34. The molecule has 0 atom stereocenters. The minimum Gasteiger partial charge on any atom is -0.464 e. The van der Waals surface area contributed by atoms with Crippen LogP contribution in [0.5, 0.6) is 0 Å². The number of fused-ring (bicyclic) bond motifs is 1. The Bertz CT molecular complexity index is 874. The van der Waals surface area contributed by atoms with Crippen LogP contribution in [0.4, 0.5) is 13.2 Å². The molecule has 0 bridgehead atoms. The molecule has 0 aliphatic rings. The zero-order valence-corrected chi connectivity index (χ0v) is 12.6. The fraction of sp³-hybridized carbons (Fsp3) is 0.105. The number of halogens is 3. The summed E-state index contributed by atoms with van der Waals surface area (Å²) in [4.78, 5) is 4.28. The fourth-order valence-corrected chi connectivity index (χ4v) is 2.28. The van der Waals surface area contributed by atoms with E-state index in [-0.39, 0.29) is 0 Å². The molecule has 0 fully saturated rings. The van der Waals surface area contributed by atoms with E-state index in [1.807, 2.05) is 24.3 Å². The molecular weight excluding hydrogens is 315 g/mol. The molecule has 0 aliphatic carbocycles. The third-order valence-electron chi connectivity index (χ3n) is 3.50. The van der Waals surface area contributed by atoms with Crippen LogP contribution in [0.1, 0.15) is 16.7 Å². The molecule has 3 aromatic rings. The van der Waals surface area contributed by atoms with Gasteiger partial charge in [-0.1, -0.05) is 42.5 Å². The highest BCUT2D eigenvalue weighted by Crippen LogP contribution is 2.29. The number of hydrogen-bond acceptors (Lipinski definition) is 2. The molecule has 0 radical (unpaired) electrons. The van der Waals surface area contributed by atoms with E-state index in [4.69, 9.17) is 4.42 Å². The van der Waals surface area contributed by atoms with Crippen molar-refractivity contribution in [3.05, 3.63) is 77.6 Å². The Morgan fingerprint density at radius 1 is 1.00 bits per heavy atom. The standard InChI is InChI=1S/C19H14F3NO/c20-19(21,22)16-9-7-14(8-10-16)4-3-11-23-12-15-13-24-18-6-2-1-5-17(15)18/h1-10,12-13H,11H2/b4-3+,23-12+. The highest BCUT2D eigenvalue weighted by Gasteiger charge is 2.29. The van der Waals surface area contributed by atoms with E-state index < -0.39 is 11.7 Å². The Labute approximate surface area is 136 Å². The molecule has 0 amide bonds. The molecule has 122 valence electrons. The second kappa shape index (κ2) is 6.74. The predicted octanol–water partition coefficient (Wildman–Crippen LogP) is 5.58. The Kier molecular flexibility index (Phi) is 4.51. The highest BCUT2D eigenvalue weighted by molar-refractivity contribution is 5.97. The number of hydrogen-bond donors (Lipinski definition) is 0. The van der Waals surface area contributed by atoms with Crippen molar-refractivity contribution in [2.45, 2.75) is 6.18 Å². The number of benzene rings is 2. The summed E-state index contributed by atoms with van der Waals surface area (Å²) >= 11 is 0. The summed E-state index contributed by atoms with van der Waals surface area (Å²) in [5.41, 5.74) is 1.75. The molecule has 2 nitrogen and oxygen atoms in total. The van der Waals surface area contributed by atoms with Gasteiger partial charge in [-0.3, -0.25) is 4.99 Å².